The molecule has 1 aromatic heterocycles. The lowest BCUT2D eigenvalue weighted by molar-refractivity contribution is -0.127. The van der Waals surface area contributed by atoms with Crippen LogP contribution in [0.15, 0.2) is 18.2 Å². The average Bonchev–Trinajstić information content (AvgIpc) is 2.86. The molecule has 0 amide bonds. The van der Waals surface area contributed by atoms with Crippen LogP contribution in [0, 0.1) is 12.8 Å². The summed E-state index contributed by atoms with van der Waals surface area (Å²) in [6.07, 6.45) is 1.68. The summed E-state index contributed by atoms with van der Waals surface area (Å²) >= 11 is 0. The molecule has 2 heterocycles. The molecule has 1 saturated heterocycles. The van der Waals surface area contributed by atoms with E-state index in [4.69, 9.17) is 4.74 Å². The van der Waals surface area contributed by atoms with Crippen molar-refractivity contribution in [2.75, 3.05) is 20.2 Å². The average molecular weight is 350 g/mol. The van der Waals surface area contributed by atoms with Crippen molar-refractivity contribution >= 4 is 16.7 Å². The van der Waals surface area contributed by atoms with E-state index in [0.29, 0.717) is 18.2 Å². The number of H-pyrrole nitrogens is 1. The summed E-state index contributed by atoms with van der Waals surface area (Å²) in [5.74, 6) is 1.44. The number of aromatic amines is 1. The Kier molecular flexibility index (Phi) is 5.94. The number of fused-ring (bicyclic) bond motifs is 1. The highest BCUT2D eigenvalue weighted by Gasteiger charge is 2.30. The van der Waals surface area contributed by atoms with Gasteiger partial charge in [-0.3, -0.25) is 9.69 Å². The van der Waals surface area contributed by atoms with Crippen LogP contribution in [0.1, 0.15) is 31.5 Å². The van der Waals surface area contributed by atoms with E-state index in [9.17, 15) is 4.79 Å². The second-order valence-corrected chi connectivity index (χ2v) is 6.67. The number of hydrogen-bond donors (Lipinski definition) is 1. The number of rotatable bonds is 4. The van der Waals surface area contributed by atoms with Crippen molar-refractivity contribution in [1.82, 2.24) is 9.88 Å². The van der Waals surface area contributed by atoms with Crippen molar-refractivity contribution in [2.24, 2.45) is 5.92 Å². The van der Waals surface area contributed by atoms with Crippen LogP contribution < -0.4 is 17.1 Å². The lowest BCUT2D eigenvalue weighted by Crippen LogP contribution is -3.00. The van der Waals surface area contributed by atoms with Crippen LogP contribution in [-0.4, -0.2) is 41.9 Å². The zero-order valence-corrected chi connectivity index (χ0v) is 15.6. The number of ketones is 1. The monoisotopic (exact) mass is 349 g/mol. The summed E-state index contributed by atoms with van der Waals surface area (Å²) in [5, 5.41) is 1.25. The third-order valence-corrected chi connectivity index (χ3v) is 5.43. The zero-order chi connectivity index (χ0) is 16.6. The smallest absolute Gasteiger partial charge is 0.138 e. The topological polar surface area (TPSA) is 45.3 Å². The van der Waals surface area contributed by atoms with Gasteiger partial charge in [-0.15, -0.1) is 0 Å². The fourth-order valence-corrected chi connectivity index (χ4v) is 3.65. The van der Waals surface area contributed by atoms with Gasteiger partial charge in [-0.25, -0.2) is 0 Å². The molecule has 132 valence electrons. The van der Waals surface area contributed by atoms with E-state index in [1.54, 1.807) is 7.11 Å². The number of hydrogen-bond acceptors (Lipinski definition) is 3. The quantitative estimate of drug-likeness (QED) is 0.865. The molecule has 0 radical (unpaired) electrons. The maximum atomic E-state index is 11.8. The van der Waals surface area contributed by atoms with Gasteiger partial charge in [-0.1, -0.05) is 6.92 Å². The minimum Gasteiger partial charge on any atom is -1.00 e. The van der Waals surface area contributed by atoms with E-state index in [1.807, 2.05) is 6.07 Å². The molecule has 1 fully saturated rings. The zero-order valence-electron chi connectivity index (χ0n) is 14.9. The second kappa shape index (κ2) is 7.58. The highest BCUT2D eigenvalue weighted by Crippen LogP contribution is 2.28. The van der Waals surface area contributed by atoms with Crippen LogP contribution >= 0.6 is 0 Å². The fourth-order valence-electron chi connectivity index (χ4n) is 3.65. The highest BCUT2D eigenvalue weighted by molar-refractivity contribution is 5.86. The number of Topliss-reactive ketones (excluding diaryl/α,β-unsaturated/α-hetero) is 1. The Balaban J connectivity index is 0.00000208. The third-order valence-electron chi connectivity index (χ3n) is 5.43. The Morgan fingerprint density at radius 1 is 1.33 bits per heavy atom. The number of benzene rings is 1. The van der Waals surface area contributed by atoms with E-state index < -0.39 is 0 Å². The summed E-state index contributed by atoms with van der Waals surface area (Å²) in [7, 11) is 1.70. The van der Waals surface area contributed by atoms with E-state index in [1.165, 1.54) is 16.6 Å². The van der Waals surface area contributed by atoms with Crippen LogP contribution in [0.4, 0.5) is 0 Å². The molecular weight excluding hydrogens is 324 g/mol. The lowest BCUT2D eigenvalue weighted by atomic mass is 9.90. The molecule has 2 aromatic rings. The van der Waals surface area contributed by atoms with E-state index >= 15 is 0 Å². The van der Waals surface area contributed by atoms with Crippen molar-refractivity contribution < 1.29 is 21.9 Å². The summed E-state index contributed by atoms with van der Waals surface area (Å²) in [4.78, 5) is 17.8. The summed E-state index contributed by atoms with van der Waals surface area (Å²) < 4.78 is 5.36. The van der Waals surface area contributed by atoms with Gasteiger partial charge in [0.15, 0.2) is 0 Å². The molecule has 1 aromatic carbocycles. The minimum atomic E-state index is 0. The molecule has 2 atom stereocenters. The van der Waals surface area contributed by atoms with Gasteiger partial charge in [0, 0.05) is 48.1 Å². The van der Waals surface area contributed by atoms with Gasteiger partial charge in [0.05, 0.1) is 7.11 Å². The van der Waals surface area contributed by atoms with E-state index in [-0.39, 0.29) is 18.3 Å². The molecule has 24 heavy (non-hydrogen) atoms. The van der Waals surface area contributed by atoms with Crippen LogP contribution in [0.2, 0.25) is 0 Å². The van der Waals surface area contributed by atoms with Crippen LogP contribution in [0.3, 0.4) is 0 Å². The normalized spacial score (nSPS) is 21.8. The number of methoxy groups -OCH3 is 1. The second-order valence-electron chi connectivity index (χ2n) is 6.67. The molecule has 0 saturated carbocycles. The number of nitrogens with zero attached hydrogens (tertiary/aromatic N) is 1. The minimum absolute atomic E-state index is 0. The molecule has 0 spiro atoms. The van der Waals surface area contributed by atoms with Crippen molar-refractivity contribution in [1.29, 1.82) is 0 Å². The number of piperidine rings is 1. The first-order chi connectivity index (χ1) is 11.0. The fraction of sp³-hybridized carbons (Fsp3) is 0.526. The molecule has 3 rings (SSSR count). The molecule has 2 unspecified atom stereocenters. The molecule has 4 nitrogen and oxygen atoms in total. The van der Waals surface area contributed by atoms with Gasteiger partial charge < -0.3 is 22.1 Å². The van der Waals surface area contributed by atoms with Crippen molar-refractivity contribution in [2.45, 2.75) is 39.7 Å². The molecule has 1 aliphatic heterocycles. The number of aryl methyl sites for hydroxylation is 1. The number of aromatic nitrogens is 1. The SMILES string of the molecule is COc1ccc2[nH]c(C)c(CCN3CCC(=O)C(C)C3C)c2c1.[Cl-]. The number of halogens is 1. The van der Waals surface area contributed by atoms with Crippen LogP contribution in [-0.2, 0) is 11.2 Å². The van der Waals surface area contributed by atoms with E-state index in [2.05, 4.69) is 42.8 Å². The van der Waals surface area contributed by atoms with Crippen molar-refractivity contribution in [3.63, 3.8) is 0 Å². The molecule has 0 bridgehead atoms. The number of likely N-dealkylation sites (tertiary alicyclic amines) is 1. The number of carbonyl (C=O) groups is 1. The Labute approximate surface area is 150 Å². The molecule has 0 aliphatic carbocycles. The Morgan fingerprint density at radius 3 is 2.79 bits per heavy atom. The van der Waals surface area contributed by atoms with Crippen LogP contribution in [0.25, 0.3) is 10.9 Å². The Morgan fingerprint density at radius 2 is 2.08 bits per heavy atom. The van der Waals surface area contributed by atoms with Gasteiger partial charge in [0.2, 0.25) is 0 Å². The van der Waals surface area contributed by atoms with Gasteiger partial charge in [0.25, 0.3) is 0 Å². The molecular formula is C19H26ClN2O2-. The van der Waals surface area contributed by atoms with Crippen molar-refractivity contribution in [3.8, 4) is 5.75 Å². The van der Waals surface area contributed by atoms with Gasteiger partial charge in [-0.2, -0.15) is 0 Å². The summed E-state index contributed by atoms with van der Waals surface area (Å²) in [6, 6.07) is 6.51. The number of ether oxygens (including phenoxy) is 1. The first kappa shape index (κ1) is 18.8. The third kappa shape index (κ3) is 3.45. The predicted molar refractivity (Wildman–Crippen MR) is 93.1 cm³/mol. The number of nitrogens with one attached hydrogen (secondary N) is 1. The Bertz CT molecular complexity index is 725. The standard InChI is InChI=1S/C19H26N2O2.ClH/c1-12-14(3)21(10-8-19(12)22)9-7-16-13(2)20-18-6-5-15(23-4)11-17(16)18;/h5-6,11-12,14,20H,7-10H2,1-4H3;1H/p-1. The molecule has 1 aliphatic rings. The maximum absolute atomic E-state index is 11.8. The summed E-state index contributed by atoms with van der Waals surface area (Å²) in [6.45, 7) is 8.24. The molecule has 5 heteroatoms. The predicted octanol–water partition coefficient (Wildman–Crippen LogP) is 0.331. The van der Waals surface area contributed by atoms with E-state index in [0.717, 1.165) is 30.8 Å². The lowest BCUT2D eigenvalue weighted by Gasteiger charge is -2.37. The van der Waals surface area contributed by atoms with Gasteiger partial charge >= 0.3 is 0 Å². The van der Waals surface area contributed by atoms with Crippen LogP contribution in [0.5, 0.6) is 5.75 Å². The summed E-state index contributed by atoms with van der Waals surface area (Å²) in [5.41, 5.74) is 3.74. The van der Waals surface area contributed by atoms with Gasteiger partial charge in [0.1, 0.15) is 11.5 Å². The first-order valence-electron chi connectivity index (χ1n) is 8.43. The Hall–Kier alpha value is -1.52. The highest BCUT2D eigenvalue weighted by atomic mass is 35.5. The van der Waals surface area contributed by atoms with Crippen molar-refractivity contribution in [3.05, 3.63) is 29.5 Å². The largest absolute Gasteiger partial charge is 1.00 e. The first-order valence-corrected chi connectivity index (χ1v) is 8.43. The number of carbonyl (C=O) groups excluding carboxylic acids is 1. The maximum Gasteiger partial charge on any atom is 0.138 e. The van der Waals surface area contributed by atoms with Gasteiger partial charge in [-0.05, 0) is 44.0 Å². The molecule has 1 N–H and O–H groups in total.